The smallest absolute Gasteiger partial charge is 0.335 e. The van der Waals surface area contributed by atoms with Gasteiger partial charge in [0.2, 0.25) is 11.8 Å². The van der Waals surface area contributed by atoms with Crippen molar-refractivity contribution < 1.29 is 19.5 Å². The largest absolute Gasteiger partial charge is 0.478 e. The first-order valence-corrected chi connectivity index (χ1v) is 6.81. The molecule has 0 atom stereocenters. The molecule has 6 heteroatoms. The molecule has 0 heterocycles. The second-order valence-electron chi connectivity index (χ2n) is 5.01. The summed E-state index contributed by atoms with van der Waals surface area (Å²) < 4.78 is 0. The van der Waals surface area contributed by atoms with Crippen molar-refractivity contribution in [3.8, 4) is 0 Å². The molecule has 2 amide bonds. The van der Waals surface area contributed by atoms with Crippen molar-refractivity contribution in [3.05, 3.63) is 29.8 Å². The van der Waals surface area contributed by atoms with Gasteiger partial charge in [0.05, 0.1) is 5.56 Å². The van der Waals surface area contributed by atoms with E-state index in [2.05, 4.69) is 10.6 Å². The minimum atomic E-state index is -1.04. The maximum atomic E-state index is 11.7. The Kier molecular flexibility index (Phi) is 6.39. The molecular weight excluding hydrogens is 272 g/mol. The van der Waals surface area contributed by atoms with Crippen LogP contribution in [-0.2, 0) is 9.59 Å². The van der Waals surface area contributed by atoms with Crippen molar-refractivity contribution in [1.82, 2.24) is 5.32 Å². The van der Waals surface area contributed by atoms with E-state index in [-0.39, 0.29) is 29.8 Å². The van der Waals surface area contributed by atoms with E-state index < -0.39 is 5.97 Å². The molecule has 0 radical (unpaired) electrons. The van der Waals surface area contributed by atoms with Crippen LogP contribution in [0, 0.1) is 0 Å². The summed E-state index contributed by atoms with van der Waals surface area (Å²) in [7, 11) is 0. The monoisotopic (exact) mass is 292 g/mol. The highest BCUT2D eigenvalue weighted by Crippen LogP contribution is 2.11. The van der Waals surface area contributed by atoms with Gasteiger partial charge in [0.1, 0.15) is 0 Å². The molecule has 6 nitrogen and oxygen atoms in total. The van der Waals surface area contributed by atoms with Gasteiger partial charge in [0.15, 0.2) is 0 Å². The number of anilines is 1. The summed E-state index contributed by atoms with van der Waals surface area (Å²) in [6, 6.07) is 6.12. The fourth-order valence-corrected chi connectivity index (χ4v) is 1.76. The minimum Gasteiger partial charge on any atom is -0.478 e. The molecule has 0 bridgehead atoms. The number of rotatable bonds is 7. The molecule has 1 rings (SSSR count). The molecule has 21 heavy (non-hydrogen) atoms. The Morgan fingerprint density at radius 2 is 1.81 bits per heavy atom. The zero-order valence-electron chi connectivity index (χ0n) is 12.2. The fourth-order valence-electron chi connectivity index (χ4n) is 1.76. The Balaban J connectivity index is 2.39. The molecule has 0 saturated heterocycles. The van der Waals surface area contributed by atoms with Gasteiger partial charge in [-0.1, -0.05) is 6.07 Å². The number of carboxylic acids is 1. The van der Waals surface area contributed by atoms with Crippen LogP contribution in [-0.4, -0.2) is 28.9 Å². The van der Waals surface area contributed by atoms with Crippen LogP contribution >= 0.6 is 0 Å². The highest BCUT2D eigenvalue weighted by Gasteiger charge is 2.08. The van der Waals surface area contributed by atoms with Gasteiger partial charge >= 0.3 is 5.97 Å². The van der Waals surface area contributed by atoms with E-state index in [0.717, 1.165) is 0 Å². The summed E-state index contributed by atoms with van der Waals surface area (Å²) in [6.07, 6.45) is 0.951. The number of carboxylic acid groups (broad SMARTS) is 1. The van der Waals surface area contributed by atoms with E-state index in [1.807, 2.05) is 13.8 Å². The molecule has 0 fully saturated rings. The maximum Gasteiger partial charge on any atom is 0.335 e. The van der Waals surface area contributed by atoms with E-state index in [4.69, 9.17) is 5.11 Å². The topological polar surface area (TPSA) is 95.5 Å². The summed E-state index contributed by atoms with van der Waals surface area (Å²) in [6.45, 7) is 3.75. The van der Waals surface area contributed by atoms with E-state index in [1.165, 1.54) is 12.1 Å². The Bertz CT molecular complexity index is 526. The first-order chi connectivity index (χ1) is 9.88. The number of hydrogen-bond donors (Lipinski definition) is 3. The molecule has 3 N–H and O–H groups in total. The van der Waals surface area contributed by atoms with Gasteiger partial charge in [-0.2, -0.15) is 0 Å². The van der Waals surface area contributed by atoms with Gasteiger partial charge in [0.25, 0.3) is 0 Å². The minimum absolute atomic E-state index is 0.0781. The van der Waals surface area contributed by atoms with Crippen LogP contribution in [0.4, 0.5) is 5.69 Å². The number of carbonyl (C=O) groups is 3. The van der Waals surface area contributed by atoms with Gasteiger partial charge in [-0.05, 0) is 38.5 Å². The van der Waals surface area contributed by atoms with E-state index in [9.17, 15) is 14.4 Å². The van der Waals surface area contributed by atoms with Gasteiger partial charge in [-0.15, -0.1) is 0 Å². The first kappa shape index (κ1) is 16.7. The Morgan fingerprint density at radius 1 is 1.14 bits per heavy atom. The van der Waals surface area contributed by atoms with E-state index in [1.54, 1.807) is 12.1 Å². The second kappa shape index (κ2) is 8.04. The molecule has 0 aromatic heterocycles. The summed E-state index contributed by atoms with van der Waals surface area (Å²) in [4.78, 5) is 33.9. The van der Waals surface area contributed by atoms with E-state index >= 15 is 0 Å². The van der Waals surface area contributed by atoms with Crippen LogP contribution in [0.15, 0.2) is 24.3 Å². The number of nitrogens with one attached hydrogen (secondary N) is 2. The molecule has 0 aliphatic carbocycles. The Hall–Kier alpha value is -2.37. The fraction of sp³-hybridized carbons (Fsp3) is 0.400. The average molecular weight is 292 g/mol. The van der Waals surface area contributed by atoms with Crippen molar-refractivity contribution >= 4 is 23.5 Å². The number of benzene rings is 1. The van der Waals surface area contributed by atoms with Crippen LogP contribution in [0.25, 0.3) is 0 Å². The van der Waals surface area contributed by atoms with Crippen LogP contribution in [0.5, 0.6) is 0 Å². The van der Waals surface area contributed by atoms with Crippen LogP contribution in [0.2, 0.25) is 0 Å². The zero-order valence-corrected chi connectivity index (χ0v) is 12.2. The van der Waals surface area contributed by atoms with Crippen LogP contribution < -0.4 is 10.6 Å². The average Bonchev–Trinajstić information content (AvgIpc) is 2.37. The zero-order chi connectivity index (χ0) is 15.8. The Labute approximate surface area is 123 Å². The maximum absolute atomic E-state index is 11.7. The van der Waals surface area contributed by atoms with Crippen molar-refractivity contribution in [2.75, 3.05) is 5.32 Å². The lowest BCUT2D eigenvalue weighted by molar-refractivity contribution is -0.121. The first-order valence-electron chi connectivity index (χ1n) is 6.81. The SMILES string of the molecule is CC(C)NC(=O)CCCC(=O)Nc1cccc(C(=O)O)c1. The molecule has 0 spiro atoms. The quantitative estimate of drug-likeness (QED) is 0.716. The van der Waals surface area contributed by atoms with Crippen molar-refractivity contribution in [3.63, 3.8) is 0 Å². The highest BCUT2D eigenvalue weighted by atomic mass is 16.4. The lowest BCUT2D eigenvalue weighted by Gasteiger charge is -2.08. The summed E-state index contributed by atoms with van der Waals surface area (Å²) in [5.41, 5.74) is 0.552. The standard InChI is InChI=1S/C15H20N2O4/c1-10(2)16-13(18)7-4-8-14(19)17-12-6-3-5-11(9-12)15(20)21/h3,5-6,9-10H,4,7-8H2,1-2H3,(H,16,18)(H,17,19)(H,20,21). The lowest BCUT2D eigenvalue weighted by Crippen LogP contribution is -2.30. The molecule has 0 saturated carbocycles. The molecule has 1 aromatic rings. The van der Waals surface area contributed by atoms with Crippen LogP contribution in [0.3, 0.4) is 0 Å². The Morgan fingerprint density at radius 3 is 2.43 bits per heavy atom. The highest BCUT2D eigenvalue weighted by molar-refractivity contribution is 5.94. The third-order valence-corrected chi connectivity index (χ3v) is 2.65. The number of aromatic carboxylic acids is 1. The predicted molar refractivity (Wildman–Crippen MR) is 79.2 cm³/mol. The van der Waals surface area contributed by atoms with E-state index in [0.29, 0.717) is 18.5 Å². The number of carbonyl (C=O) groups excluding carboxylic acids is 2. The molecule has 0 aliphatic rings. The van der Waals surface area contributed by atoms with Crippen molar-refractivity contribution in [2.45, 2.75) is 39.2 Å². The van der Waals surface area contributed by atoms with Gasteiger partial charge in [-0.3, -0.25) is 9.59 Å². The van der Waals surface area contributed by atoms with Crippen molar-refractivity contribution in [1.29, 1.82) is 0 Å². The number of hydrogen-bond acceptors (Lipinski definition) is 3. The molecule has 1 aromatic carbocycles. The molecule has 0 aliphatic heterocycles. The summed E-state index contributed by atoms with van der Waals surface area (Å²) in [5, 5.41) is 14.2. The molecule has 0 unspecified atom stereocenters. The third-order valence-electron chi connectivity index (χ3n) is 2.65. The van der Waals surface area contributed by atoms with Crippen LogP contribution in [0.1, 0.15) is 43.5 Å². The number of amides is 2. The van der Waals surface area contributed by atoms with Crippen molar-refractivity contribution in [2.24, 2.45) is 0 Å². The van der Waals surface area contributed by atoms with Gasteiger partial charge in [0, 0.05) is 24.6 Å². The summed E-state index contributed by atoms with van der Waals surface area (Å²) >= 11 is 0. The second-order valence-corrected chi connectivity index (χ2v) is 5.01. The normalized spacial score (nSPS) is 10.2. The summed E-state index contributed by atoms with van der Waals surface area (Å²) in [5.74, 6) is -1.36. The van der Waals surface area contributed by atoms with Gasteiger partial charge < -0.3 is 15.7 Å². The predicted octanol–water partition coefficient (Wildman–Crippen LogP) is 2.02. The van der Waals surface area contributed by atoms with Gasteiger partial charge in [-0.25, -0.2) is 4.79 Å². The lowest BCUT2D eigenvalue weighted by atomic mass is 10.2. The third kappa shape index (κ3) is 6.56. The molecule has 114 valence electrons. The molecular formula is C15H20N2O4.